The molecule has 0 bridgehead atoms. The molecule has 1 unspecified atom stereocenters. The maximum absolute atomic E-state index is 11.9. The van der Waals surface area contributed by atoms with Crippen LogP contribution in [0.1, 0.15) is 13.8 Å². The minimum absolute atomic E-state index is 0.171. The molecule has 1 fully saturated rings. The van der Waals surface area contributed by atoms with Gasteiger partial charge in [0.05, 0.1) is 0 Å². The van der Waals surface area contributed by atoms with E-state index in [9.17, 15) is 4.79 Å². The molecular weight excluding hydrogens is 312 g/mol. The highest BCUT2D eigenvalue weighted by Gasteiger charge is 2.17. The van der Waals surface area contributed by atoms with E-state index in [1.807, 2.05) is 0 Å². The summed E-state index contributed by atoms with van der Waals surface area (Å²) in [6, 6.07) is 6.93. The van der Waals surface area contributed by atoms with Gasteiger partial charge in [-0.3, -0.25) is 0 Å². The molecular formula is C17H27ClN4O. The molecule has 2 N–H and O–H groups in total. The van der Waals surface area contributed by atoms with Gasteiger partial charge < -0.3 is 20.4 Å². The lowest BCUT2D eigenvalue weighted by molar-refractivity contribution is 0.124. The van der Waals surface area contributed by atoms with Crippen LogP contribution in [0.3, 0.4) is 0 Å². The van der Waals surface area contributed by atoms with Crippen LogP contribution in [-0.4, -0.2) is 61.6 Å². The van der Waals surface area contributed by atoms with Gasteiger partial charge in [0.2, 0.25) is 0 Å². The van der Waals surface area contributed by atoms with Crippen LogP contribution in [-0.2, 0) is 0 Å². The molecule has 1 atom stereocenters. The van der Waals surface area contributed by atoms with Crippen LogP contribution in [0.15, 0.2) is 24.3 Å². The zero-order chi connectivity index (χ0) is 16.7. The monoisotopic (exact) mass is 338 g/mol. The summed E-state index contributed by atoms with van der Waals surface area (Å²) in [5, 5.41) is 6.41. The van der Waals surface area contributed by atoms with Gasteiger partial charge in [-0.05, 0) is 36.7 Å². The Balaban J connectivity index is 1.64. The summed E-state index contributed by atoms with van der Waals surface area (Å²) in [5.41, 5.74) is 0.746. The van der Waals surface area contributed by atoms with E-state index in [1.165, 1.54) is 0 Å². The van der Waals surface area contributed by atoms with Crippen molar-refractivity contribution in [3.63, 3.8) is 0 Å². The summed E-state index contributed by atoms with van der Waals surface area (Å²) in [4.78, 5) is 16.9. The third kappa shape index (κ3) is 6.37. The van der Waals surface area contributed by atoms with Crippen molar-refractivity contribution in [1.29, 1.82) is 0 Å². The Bertz CT molecular complexity index is 486. The first-order valence-corrected chi connectivity index (χ1v) is 8.69. The standard InChI is InChI=1S/C17H27ClN4O/c1-3-21-8-10-22(11-9-21)13-14(2)12-19-17(23)20-16-6-4-15(18)5-7-16/h4-7,14H,3,8-13H2,1-2H3,(H2,19,20,23). The Kier molecular flexibility index (Phi) is 7.15. The van der Waals surface area contributed by atoms with Crippen LogP contribution in [0.4, 0.5) is 10.5 Å². The number of benzene rings is 1. The minimum atomic E-state index is -0.171. The summed E-state index contributed by atoms with van der Waals surface area (Å²) in [6.45, 7) is 11.8. The number of amides is 2. The maximum Gasteiger partial charge on any atom is 0.319 e. The van der Waals surface area contributed by atoms with Gasteiger partial charge in [-0.25, -0.2) is 4.79 Å². The Morgan fingerprint density at radius 1 is 1.17 bits per heavy atom. The van der Waals surface area contributed by atoms with Gasteiger partial charge in [0, 0.05) is 50.0 Å². The summed E-state index contributed by atoms with van der Waals surface area (Å²) < 4.78 is 0. The van der Waals surface area contributed by atoms with Gasteiger partial charge in [-0.1, -0.05) is 25.4 Å². The van der Waals surface area contributed by atoms with E-state index in [-0.39, 0.29) is 6.03 Å². The third-order valence-corrected chi connectivity index (χ3v) is 4.45. The fourth-order valence-corrected chi connectivity index (χ4v) is 2.89. The summed E-state index contributed by atoms with van der Waals surface area (Å²) in [7, 11) is 0. The Hall–Kier alpha value is -1.30. The summed E-state index contributed by atoms with van der Waals surface area (Å²) in [6.07, 6.45) is 0. The molecule has 1 aliphatic heterocycles. The average molecular weight is 339 g/mol. The van der Waals surface area contributed by atoms with E-state index in [2.05, 4.69) is 34.3 Å². The van der Waals surface area contributed by atoms with Gasteiger partial charge in [-0.2, -0.15) is 0 Å². The van der Waals surface area contributed by atoms with E-state index in [0.29, 0.717) is 17.5 Å². The van der Waals surface area contributed by atoms with E-state index in [1.54, 1.807) is 24.3 Å². The fraction of sp³-hybridized carbons (Fsp3) is 0.588. The number of piperazine rings is 1. The van der Waals surface area contributed by atoms with Crippen molar-refractivity contribution in [3.05, 3.63) is 29.3 Å². The highest BCUT2D eigenvalue weighted by atomic mass is 35.5. The molecule has 0 aliphatic carbocycles. The number of rotatable bonds is 6. The van der Waals surface area contributed by atoms with Gasteiger partial charge >= 0.3 is 6.03 Å². The number of urea groups is 1. The van der Waals surface area contributed by atoms with Crippen molar-refractivity contribution in [2.75, 3.05) is 51.1 Å². The average Bonchev–Trinajstić information content (AvgIpc) is 2.56. The van der Waals surface area contributed by atoms with Gasteiger partial charge in [0.25, 0.3) is 0 Å². The van der Waals surface area contributed by atoms with Gasteiger partial charge in [-0.15, -0.1) is 0 Å². The second kappa shape index (κ2) is 9.11. The molecule has 0 aromatic heterocycles. The highest BCUT2D eigenvalue weighted by Crippen LogP contribution is 2.13. The van der Waals surface area contributed by atoms with E-state index in [0.717, 1.165) is 45.0 Å². The number of carbonyl (C=O) groups excluding carboxylic acids is 1. The van der Waals surface area contributed by atoms with E-state index >= 15 is 0 Å². The van der Waals surface area contributed by atoms with E-state index in [4.69, 9.17) is 11.6 Å². The van der Waals surface area contributed by atoms with Crippen molar-refractivity contribution < 1.29 is 4.79 Å². The number of carbonyl (C=O) groups is 1. The summed E-state index contributed by atoms with van der Waals surface area (Å²) in [5.74, 6) is 0.430. The Morgan fingerprint density at radius 3 is 2.39 bits per heavy atom. The molecule has 1 saturated heterocycles. The van der Waals surface area contributed by atoms with Crippen molar-refractivity contribution >= 4 is 23.3 Å². The molecule has 6 heteroatoms. The minimum Gasteiger partial charge on any atom is -0.338 e. The molecule has 0 saturated carbocycles. The van der Waals surface area contributed by atoms with Crippen LogP contribution in [0.25, 0.3) is 0 Å². The van der Waals surface area contributed by atoms with Crippen LogP contribution in [0, 0.1) is 5.92 Å². The van der Waals surface area contributed by atoms with Crippen molar-refractivity contribution in [1.82, 2.24) is 15.1 Å². The normalized spacial score (nSPS) is 17.7. The largest absolute Gasteiger partial charge is 0.338 e. The molecule has 0 radical (unpaired) electrons. The SMILES string of the molecule is CCN1CCN(CC(C)CNC(=O)Nc2ccc(Cl)cc2)CC1. The smallest absolute Gasteiger partial charge is 0.319 e. The number of nitrogens with one attached hydrogen (secondary N) is 2. The van der Waals surface area contributed by atoms with E-state index < -0.39 is 0 Å². The molecule has 0 spiro atoms. The second-order valence-electron chi connectivity index (χ2n) is 6.18. The zero-order valence-corrected chi connectivity index (χ0v) is 14.8. The van der Waals surface area contributed by atoms with Crippen molar-refractivity contribution in [2.24, 2.45) is 5.92 Å². The molecule has 1 aliphatic rings. The van der Waals surface area contributed by atoms with Crippen molar-refractivity contribution in [3.8, 4) is 0 Å². The predicted molar refractivity (Wildman–Crippen MR) is 96.2 cm³/mol. The molecule has 2 rings (SSSR count). The van der Waals surface area contributed by atoms with Crippen LogP contribution in [0.2, 0.25) is 5.02 Å². The molecule has 1 aromatic carbocycles. The maximum atomic E-state index is 11.9. The van der Waals surface area contributed by atoms with Gasteiger partial charge in [0.1, 0.15) is 0 Å². The molecule has 2 amide bonds. The second-order valence-corrected chi connectivity index (χ2v) is 6.62. The first-order valence-electron chi connectivity index (χ1n) is 8.32. The lowest BCUT2D eigenvalue weighted by atomic mass is 10.1. The molecule has 5 nitrogen and oxygen atoms in total. The predicted octanol–water partition coefficient (Wildman–Crippen LogP) is 2.74. The van der Waals surface area contributed by atoms with Crippen LogP contribution >= 0.6 is 11.6 Å². The lowest BCUT2D eigenvalue weighted by Crippen LogP contribution is -2.48. The number of anilines is 1. The Labute approximate surface area is 144 Å². The molecule has 128 valence electrons. The first kappa shape index (κ1) is 18.0. The van der Waals surface area contributed by atoms with Gasteiger partial charge in [0.15, 0.2) is 0 Å². The number of hydrogen-bond donors (Lipinski definition) is 2. The molecule has 1 heterocycles. The topological polar surface area (TPSA) is 47.6 Å². The molecule has 23 heavy (non-hydrogen) atoms. The van der Waals surface area contributed by atoms with Crippen LogP contribution < -0.4 is 10.6 Å². The molecule has 1 aromatic rings. The highest BCUT2D eigenvalue weighted by molar-refractivity contribution is 6.30. The van der Waals surface area contributed by atoms with Crippen molar-refractivity contribution in [2.45, 2.75) is 13.8 Å². The third-order valence-electron chi connectivity index (χ3n) is 4.20. The van der Waals surface area contributed by atoms with Crippen LogP contribution in [0.5, 0.6) is 0 Å². The number of halogens is 1. The number of hydrogen-bond acceptors (Lipinski definition) is 3. The zero-order valence-electron chi connectivity index (χ0n) is 14.0. The lowest BCUT2D eigenvalue weighted by Gasteiger charge is -2.35. The summed E-state index contributed by atoms with van der Waals surface area (Å²) >= 11 is 5.83. The fourth-order valence-electron chi connectivity index (χ4n) is 2.77. The number of likely N-dealkylation sites (N-methyl/N-ethyl adjacent to an activating group) is 1. The Morgan fingerprint density at radius 2 is 1.78 bits per heavy atom. The number of nitrogens with zero attached hydrogens (tertiary/aromatic N) is 2. The first-order chi connectivity index (χ1) is 11.1. The quantitative estimate of drug-likeness (QED) is 0.838.